The number of benzene rings is 2. The largest absolute Gasteiger partial charge is 0.467 e. The molecular weight excluding hydrogens is 392 g/mol. The number of ether oxygens (including phenoxy) is 1. The van der Waals surface area contributed by atoms with Crippen molar-refractivity contribution in [3.05, 3.63) is 71.8 Å². The monoisotopic (exact) mass is 424 g/mol. The number of rotatable bonds is 8. The molecule has 0 bridgehead atoms. The number of hydrogen-bond donors (Lipinski definition) is 0. The van der Waals surface area contributed by atoms with Gasteiger partial charge in [-0.3, -0.25) is 9.63 Å². The minimum absolute atomic E-state index is 0.216. The molecule has 1 aliphatic heterocycles. The van der Waals surface area contributed by atoms with Crippen molar-refractivity contribution in [3.63, 3.8) is 0 Å². The number of carbonyl (C=O) groups excluding carboxylic acids is 2. The standard InChI is InChI=1S/C25H32N2O4/c1-20(23-12-8-5-9-13-23)18-26-16-14-25(15-17-26,24(29)30-3)27(21(2)28)31-19-22-10-6-4-7-11-22/h4-13,20H,14-19H2,1-3H3. The average Bonchev–Trinajstić information content (AvgIpc) is 2.80. The van der Waals surface area contributed by atoms with E-state index in [1.807, 2.05) is 36.4 Å². The lowest BCUT2D eigenvalue weighted by molar-refractivity contribution is -0.240. The van der Waals surface area contributed by atoms with Gasteiger partial charge >= 0.3 is 5.97 Å². The number of carbonyl (C=O) groups is 2. The second-order valence-electron chi connectivity index (χ2n) is 8.21. The Morgan fingerprint density at radius 2 is 1.61 bits per heavy atom. The predicted octanol–water partition coefficient (Wildman–Crippen LogP) is 3.78. The highest BCUT2D eigenvalue weighted by Crippen LogP contribution is 2.32. The van der Waals surface area contributed by atoms with E-state index in [1.165, 1.54) is 24.7 Å². The van der Waals surface area contributed by atoms with Gasteiger partial charge < -0.3 is 9.64 Å². The zero-order valence-corrected chi connectivity index (χ0v) is 18.6. The van der Waals surface area contributed by atoms with E-state index in [4.69, 9.17) is 9.57 Å². The van der Waals surface area contributed by atoms with Gasteiger partial charge in [0.15, 0.2) is 5.54 Å². The molecule has 0 aliphatic carbocycles. The highest BCUT2D eigenvalue weighted by atomic mass is 16.7. The summed E-state index contributed by atoms with van der Waals surface area (Å²) < 4.78 is 5.13. The molecule has 1 amide bonds. The normalized spacial score (nSPS) is 17.0. The summed E-state index contributed by atoms with van der Waals surface area (Å²) in [6, 6.07) is 20.0. The van der Waals surface area contributed by atoms with Crippen molar-refractivity contribution < 1.29 is 19.2 Å². The van der Waals surface area contributed by atoms with E-state index in [-0.39, 0.29) is 12.5 Å². The zero-order chi connectivity index (χ0) is 22.3. The first-order chi connectivity index (χ1) is 15.0. The number of hydroxylamine groups is 2. The molecule has 1 aliphatic rings. The lowest BCUT2D eigenvalue weighted by Gasteiger charge is -2.45. The van der Waals surface area contributed by atoms with Crippen LogP contribution in [0.4, 0.5) is 0 Å². The maximum Gasteiger partial charge on any atom is 0.334 e. The Balaban J connectivity index is 1.70. The van der Waals surface area contributed by atoms with Gasteiger partial charge in [-0.1, -0.05) is 67.6 Å². The van der Waals surface area contributed by atoms with Gasteiger partial charge in [-0.25, -0.2) is 9.86 Å². The third-order valence-corrected chi connectivity index (χ3v) is 6.03. The fraction of sp³-hybridized carbons (Fsp3) is 0.440. The molecule has 0 N–H and O–H groups in total. The van der Waals surface area contributed by atoms with Gasteiger partial charge in [-0.15, -0.1) is 0 Å². The third-order valence-electron chi connectivity index (χ3n) is 6.03. The van der Waals surface area contributed by atoms with Crippen LogP contribution < -0.4 is 0 Å². The first-order valence-electron chi connectivity index (χ1n) is 10.8. The fourth-order valence-electron chi connectivity index (χ4n) is 4.29. The van der Waals surface area contributed by atoms with Crippen molar-refractivity contribution in [2.75, 3.05) is 26.7 Å². The molecule has 6 heteroatoms. The molecule has 2 aromatic carbocycles. The lowest BCUT2D eigenvalue weighted by Crippen LogP contribution is -2.61. The Bertz CT molecular complexity index is 848. The number of nitrogens with zero attached hydrogens (tertiary/aromatic N) is 2. The van der Waals surface area contributed by atoms with E-state index < -0.39 is 11.5 Å². The van der Waals surface area contributed by atoms with Crippen LogP contribution in [0.15, 0.2) is 60.7 Å². The highest BCUT2D eigenvalue weighted by molar-refractivity contribution is 5.86. The molecule has 1 atom stereocenters. The topological polar surface area (TPSA) is 59.1 Å². The van der Waals surface area contributed by atoms with E-state index in [2.05, 4.69) is 36.1 Å². The molecule has 3 rings (SSSR count). The Morgan fingerprint density at radius 1 is 1.03 bits per heavy atom. The van der Waals surface area contributed by atoms with E-state index in [0.717, 1.165) is 12.1 Å². The molecule has 1 saturated heterocycles. The van der Waals surface area contributed by atoms with Crippen LogP contribution >= 0.6 is 0 Å². The molecule has 166 valence electrons. The van der Waals surface area contributed by atoms with Gasteiger partial charge in [0.25, 0.3) is 0 Å². The van der Waals surface area contributed by atoms with Crippen LogP contribution in [0.2, 0.25) is 0 Å². The summed E-state index contributed by atoms with van der Waals surface area (Å²) in [7, 11) is 1.36. The second kappa shape index (κ2) is 10.6. The van der Waals surface area contributed by atoms with Crippen molar-refractivity contribution in [1.82, 2.24) is 9.96 Å². The Hall–Kier alpha value is -2.70. The molecule has 0 radical (unpaired) electrons. The van der Waals surface area contributed by atoms with Gasteiger partial charge in [0.05, 0.1) is 7.11 Å². The average molecular weight is 425 g/mol. The molecule has 1 heterocycles. The summed E-state index contributed by atoms with van der Waals surface area (Å²) >= 11 is 0. The number of methoxy groups -OCH3 is 1. The van der Waals surface area contributed by atoms with Crippen LogP contribution in [-0.2, 0) is 25.8 Å². The van der Waals surface area contributed by atoms with Gasteiger partial charge in [0, 0.05) is 26.6 Å². The molecule has 0 aromatic heterocycles. The first kappa shape index (κ1) is 23.0. The Labute approximate surface area is 184 Å². The molecule has 31 heavy (non-hydrogen) atoms. The fourth-order valence-corrected chi connectivity index (χ4v) is 4.29. The molecule has 6 nitrogen and oxygen atoms in total. The number of hydrogen-bond acceptors (Lipinski definition) is 5. The summed E-state index contributed by atoms with van der Waals surface area (Å²) in [5.74, 6) is -0.343. The summed E-state index contributed by atoms with van der Waals surface area (Å²) in [6.45, 7) is 6.12. The van der Waals surface area contributed by atoms with Gasteiger partial charge in [0.2, 0.25) is 5.91 Å². The third kappa shape index (κ3) is 5.51. The maximum absolute atomic E-state index is 12.9. The summed E-state index contributed by atoms with van der Waals surface area (Å²) in [5.41, 5.74) is 1.12. The van der Waals surface area contributed by atoms with Crippen molar-refractivity contribution >= 4 is 11.9 Å². The Morgan fingerprint density at radius 3 is 2.16 bits per heavy atom. The van der Waals surface area contributed by atoms with Crippen LogP contribution in [0, 0.1) is 0 Å². The van der Waals surface area contributed by atoms with Crippen molar-refractivity contribution in [3.8, 4) is 0 Å². The molecule has 2 aromatic rings. The minimum Gasteiger partial charge on any atom is -0.467 e. The van der Waals surface area contributed by atoms with Gasteiger partial charge in [-0.2, -0.15) is 0 Å². The molecule has 0 spiro atoms. The number of likely N-dealkylation sites (tertiary alicyclic amines) is 1. The van der Waals surface area contributed by atoms with Crippen molar-refractivity contribution in [2.45, 2.75) is 44.8 Å². The van der Waals surface area contributed by atoms with Crippen LogP contribution in [0.3, 0.4) is 0 Å². The predicted molar refractivity (Wildman–Crippen MR) is 119 cm³/mol. The van der Waals surface area contributed by atoms with Crippen LogP contribution in [0.1, 0.15) is 43.7 Å². The van der Waals surface area contributed by atoms with Crippen molar-refractivity contribution in [2.24, 2.45) is 0 Å². The minimum atomic E-state index is -1.11. The summed E-state index contributed by atoms with van der Waals surface area (Å²) in [4.78, 5) is 33.6. The van der Waals surface area contributed by atoms with Crippen LogP contribution in [0.25, 0.3) is 0 Å². The van der Waals surface area contributed by atoms with E-state index in [0.29, 0.717) is 31.8 Å². The van der Waals surface area contributed by atoms with Crippen molar-refractivity contribution in [1.29, 1.82) is 0 Å². The first-order valence-corrected chi connectivity index (χ1v) is 10.8. The molecule has 1 fully saturated rings. The quantitative estimate of drug-likeness (QED) is 0.477. The lowest BCUT2D eigenvalue weighted by atomic mass is 9.86. The number of esters is 1. The Kier molecular flexibility index (Phi) is 7.82. The zero-order valence-electron chi connectivity index (χ0n) is 18.6. The van der Waals surface area contributed by atoms with Gasteiger partial charge in [0.1, 0.15) is 6.61 Å². The number of piperidine rings is 1. The SMILES string of the molecule is COC(=O)C1(N(OCc2ccccc2)C(C)=O)CCN(CC(C)c2ccccc2)CC1. The summed E-state index contributed by atoms with van der Waals surface area (Å²) in [6.07, 6.45) is 0.936. The van der Waals surface area contributed by atoms with Crippen LogP contribution in [-0.4, -0.2) is 54.1 Å². The van der Waals surface area contributed by atoms with E-state index >= 15 is 0 Å². The molecule has 1 unspecified atom stereocenters. The number of amides is 1. The summed E-state index contributed by atoms with van der Waals surface area (Å²) in [5, 5.41) is 1.25. The molecule has 0 saturated carbocycles. The van der Waals surface area contributed by atoms with E-state index in [9.17, 15) is 9.59 Å². The van der Waals surface area contributed by atoms with Crippen LogP contribution in [0.5, 0.6) is 0 Å². The van der Waals surface area contributed by atoms with E-state index in [1.54, 1.807) is 0 Å². The van der Waals surface area contributed by atoms with Gasteiger partial charge in [-0.05, 0) is 29.9 Å². The highest BCUT2D eigenvalue weighted by Gasteiger charge is 2.50. The maximum atomic E-state index is 12.9. The smallest absolute Gasteiger partial charge is 0.334 e. The second-order valence-corrected chi connectivity index (χ2v) is 8.21. The molecular formula is C25H32N2O4.